The minimum atomic E-state index is 0. The SMILES string of the molecule is CCCCB(CCCC)CCCC.[O]. The molecule has 1 nitrogen and oxygen atoms in total. The first-order valence-electron chi connectivity index (χ1n) is 6.35. The van der Waals surface area contributed by atoms with Crippen molar-refractivity contribution in [2.24, 2.45) is 0 Å². The standard InChI is InChI=1S/C12H27B.O/c1-4-7-10-13(11-8-5-2)12-9-6-3;/h4-12H2,1-3H3;. The van der Waals surface area contributed by atoms with Crippen molar-refractivity contribution in [2.75, 3.05) is 0 Å². The lowest BCUT2D eigenvalue weighted by Crippen LogP contribution is -2.11. The van der Waals surface area contributed by atoms with E-state index in [0.29, 0.717) is 0 Å². The summed E-state index contributed by atoms with van der Waals surface area (Å²) < 4.78 is 0. The fourth-order valence-corrected chi connectivity index (χ4v) is 1.91. The Hall–Kier alpha value is 0.0249. The Labute approximate surface area is 91.1 Å². The molecule has 2 radical (unpaired) electrons. The molecule has 0 fully saturated rings. The molecule has 0 heterocycles. The number of hydrogen-bond donors (Lipinski definition) is 0. The lowest BCUT2D eigenvalue weighted by Gasteiger charge is -2.11. The van der Waals surface area contributed by atoms with Crippen LogP contribution < -0.4 is 0 Å². The first kappa shape index (κ1) is 16.5. The summed E-state index contributed by atoms with van der Waals surface area (Å²) >= 11 is 0. The van der Waals surface area contributed by atoms with E-state index in [1.54, 1.807) is 0 Å². The van der Waals surface area contributed by atoms with Gasteiger partial charge in [-0.05, 0) is 0 Å². The van der Waals surface area contributed by atoms with Crippen LogP contribution >= 0.6 is 0 Å². The fraction of sp³-hybridized carbons (Fsp3) is 1.00. The highest BCUT2D eigenvalue weighted by atomic mass is 16.0. The highest BCUT2D eigenvalue weighted by Gasteiger charge is 2.10. The molecule has 0 amide bonds. The molecular weight excluding hydrogens is 171 g/mol. The van der Waals surface area contributed by atoms with Gasteiger partial charge in [-0.1, -0.05) is 78.3 Å². The molecule has 0 atom stereocenters. The van der Waals surface area contributed by atoms with Crippen LogP contribution in [0.2, 0.25) is 19.0 Å². The number of unbranched alkanes of at least 4 members (excludes halogenated alkanes) is 3. The molecule has 0 bridgehead atoms. The summed E-state index contributed by atoms with van der Waals surface area (Å²) in [5.74, 6) is 0. The van der Waals surface area contributed by atoms with E-state index < -0.39 is 0 Å². The summed E-state index contributed by atoms with van der Waals surface area (Å²) in [6.45, 7) is 7.95. The van der Waals surface area contributed by atoms with Crippen molar-refractivity contribution >= 4 is 6.71 Å². The van der Waals surface area contributed by atoms with Gasteiger partial charge in [-0.3, -0.25) is 0 Å². The minimum Gasteiger partial charge on any atom is -0.0742 e. The second-order valence-corrected chi connectivity index (χ2v) is 4.29. The third-order valence-electron chi connectivity index (χ3n) is 2.90. The summed E-state index contributed by atoms with van der Waals surface area (Å²) in [6.07, 6.45) is 12.9. The molecule has 0 N–H and O–H groups in total. The van der Waals surface area contributed by atoms with Crippen LogP contribution in [0.25, 0.3) is 0 Å². The van der Waals surface area contributed by atoms with Gasteiger partial charge in [0.2, 0.25) is 0 Å². The Morgan fingerprint density at radius 2 is 0.929 bits per heavy atom. The van der Waals surface area contributed by atoms with Crippen LogP contribution in [0.15, 0.2) is 0 Å². The molecule has 0 aliphatic carbocycles. The van der Waals surface area contributed by atoms with E-state index in [1.807, 2.05) is 0 Å². The highest BCUT2D eigenvalue weighted by Crippen LogP contribution is 2.16. The predicted molar refractivity (Wildman–Crippen MR) is 65.6 cm³/mol. The Kier molecular flexibility index (Phi) is 15.3. The Balaban J connectivity index is 0. The molecule has 0 saturated carbocycles. The molecule has 0 saturated heterocycles. The van der Waals surface area contributed by atoms with E-state index in [9.17, 15) is 0 Å². The Bertz CT molecular complexity index is 77.3. The average molecular weight is 198 g/mol. The van der Waals surface area contributed by atoms with Crippen LogP contribution in [0.1, 0.15) is 59.3 Å². The van der Waals surface area contributed by atoms with Crippen molar-refractivity contribution in [3.63, 3.8) is 0 Å². The van der Waals surface area contributed by atoms with Gasteiger partial charge in [-0.2, -0.15) is 0 Å². The van der Waals surface area contributed by atoms with Crippen LogP contribution in [-0.4, -0.2) is 6.71 Å². The van der Waals surface area contributed by atoms with Gasteiger partial charge in [0.15, 0.2) is 0 Å². The Morgan fingerprint density at radius 3 is 1.14 bits per heavy atom. The van der Waals surface area contributed by atoms with Gasteiger partial charge >= 0.3 is 0 Å². The average Bonchev–Trinajstić information content (AvgIpc) is 2.17. The van der Waals surface area contributed by atoms with Gasteiger partial charge in [-0.15, -0.1) is 0 Å². The van der Waals surface area contributed by atoms with Crippen molar-refractivity contribution in [3.8, 4) is 0 Å². The maximum Gasteiger partial charge on any atom is 0.139 e. The minimum absolute atomic E-state index is 0. The number of rotatable bonds is 9. The second-order valence-electron chi connectivity index (χ2n) is 4.29. The van der Waals surface area contributed by atoms with E-state index >= 15 is 0 Å². The molecule has 0 aliphatic heterocycles. The third kappa shape index (κ3) is 10.1. The van der Waals surface area contributed by atoms with Gasteiger partial charge in [0, 0.05) is 5.48 Å². The van der Waals surface area contributed by atoms with Crippen molar-refractivity contribution in [1.29, 1.82) is 0 Å². The molecule has 2 heteroatoms. The lowest BCUT2D eigenvalue weighted by atomic mass is 9.41. The maximum absolute atomic E-state index is 2.30. The molecule has 84 valence electrons. The van der Waals surface area contributed by atoms with E-state index in [4.69, 9.17) is 0 Å². The van der Waals surface area contributed by atoms with Crippen LogP contribution in [0, 0.1) is 0 Å². The molecule has 0 rings (SSSR count). The zero-order valence-electron chi connectivity index (χ0n) is 10.3. The van der Waals surface area contributed by atoms with Crippen molar-refractivity contribution in [1.82, 2.24) is 0 Å². The summed E-state index contributed by atoms with van der Waals surface area (Å²) in [4.78, 5) is 0. The van der Waals surface area contributed by atoms with Crippen molar-refractivity contribution < 1.29 is 5.48 Å². The summed E-state index contributed by atoms with van der Waals surface area (Å²) in [5.41, 5.74) is 0. The van der Waals surface area contributed by atoms with Gasteiger partial charge < -0.3 is 0 Å². The molecule has 14 heavy (non-hydrogen) atoms. The monoisotopic (exact) mass is 198 g/mol. The van der Waals surface area contributed by atoms with Gasteiger partial charge in [0.25, 0.3) is 0 Å². The normalized spacial score (nSPS) is 9.64. The fourth-order valence-electron chi connectivity index (χ4n) is 1.91. The van der Waals surface area contributed by atoms with Crippen molar-refractivity contribution in [2.45, 2.75) is 78.3 Å². The van der Waals surface area contributed by atoms with Gasteiger partial charge in [-0.25, -0.2) is 0 Å². The maximum atomic E-state index is 2.30. The van der Waals surface area contributed by atoms with Gasteiger partial charge in [0.1, 0.15) is 6.71 Å². The highest BCUT2D eigenvalue weighted by molar-refractivity contribution is 6.58. The Morgan fingerprint density at radius 1 is 0.643 bits per heavy atom. The third-order valence-corrected chi connectivity index (χ3v) is 2.90. The van der Waals surface area contributed by atoms with Gasteiger partial charge in [0.05, 0.1) is 0 Å². The molecule has 0 unspecified atom stereocenters. The molecular formula is C12H27BO. The summed E-state index contributed by atoms with van der Waals surface area (Å²) in [6, 6.07) is 0. The first-order chi connectivity index (χ1) is 6.35. The summed E-state index contributed by atoms with van der Waals surface area (Å²) in [5, 5.41) is 0. The van der Waals surface area contributed by atoms with Crippen molar-refractivity contribution in [3.05, 3.63) is 0 Å². The first-order valence-corrected chi connectivity index (χ1v) is 6.35. The second kappa shape index (κ2) is 13.0. The molecule has 0 spiro atoms. The van der Waals surface area contributed by atoms with E-state index in [1.165, 1.54) is 57.5 Å². The molecule has 0 aromatic heterocycles. The predicted octanol–water partition coefficient (Wildman–Crippen LogP) is 4.76. The lowest BCUT2D eigenvalue weighted by molar-refractivity contribution is 0.686. The topological polar surface area (TPSA) is 28.5 Å². The van der Waals surface area contributed by atoms with Crippen LogP contribution in [0.5, 0.6) is 0 Å². The van der Waals surface area contributed by atoms with Crippen LogP contribution in [0.4, 0.5) is 0 Å². The zero-order valence-corrected chi connectivity index (χ0v) is 10.3. The van der Waals surface area contributed by atoms with E-state index in [-0.39, 0.29) is 5.48 Å². The largest absolute Gasteiger partial charge is 0.139 e. The summed E-state index contributed by atoms with van der Waals surface area (Å²) in [7, 11) is 0. The van der Waals surface area contributed by atoms with E-state index in [0.717, 1.165) is 6.71 Å². The van der Waals surface area contributed by atoms with Crippen LogP contribution in [-0.2, 0) is 5.48 Å². The smallest absolute Gasteiger partial charge is 0.0742 e. The molecule has 0 aromatic rings. The molecule has 0 aliphatic rings. The zero-order chi connectivity index (χ0) is 9.94. The molecule has 0 aromatic carbocycles. The van der Waals surface area contributed by atoms with E-state index in [2.05, 4.69) is 20.8 Å². The van der Waals surface area contributed by atoms with Crippen LogP contribution in [0.3, 0.4) is 0 Å². The number of hydrogen-bond acceptors (Lipinski definition) is 0. The quantitative estimate of drug-likeness (QED) is 0.478.